The third kappa shape index (κ3) is 4.57. The molecule has 7 nitrogen and oxygen atoms in total. The number of hydrogen-bond donors (Lipinski definition) is 1. The van der Waals surface area contributed by atoms with Gasteiger partial charge in [0.2, 0.25) is 15.9 Å². The van der Waals surface area contributed by atoms with Crippen LogP contribution < -0.4 is 14.8 Å². The summed E-state index contributed by atoms with van der Waals surface area (Å²) < 4.78 is 51.6. The molecular formula is C21H25FN2O5S. The average Bonchev–Trinajstić information content (AvgIpc) is 2.74. The van der Waals surface area contributed by atoms with Gasteiger partial charge in [0.25, 0.3) is 0 Å². The van der Waals surface area contributed by atoms with Crippen LogP contribution in [-0.2, 0) is 14.8 Å². The van der Waals surface area contributed by atoms with E-state index in [0.29, 0.717) is 24.3 Å². The fourth-order valence-corrected chi connectivity index (χ4v) is 5.21. The van der Waals surface area contributed by atoms with Gasteiger partial charge < -0.3 is 14.8 Å². The van der Waals surface area contributed by atoms with Crippen molar-refractivity contribution in [3.8, 4) is 11.5 Å². The molecule has 0 bridgehead atoms. The number of ether oxygens (including phenoxy) is 2. The predicted molar refractivity (Wildman–Crippen MR) is 111 cm³/mol. The molecule has 1 aliphatic rings. The molecule has 1 atom stereocenters. The van der Waals surface area contributed by atoms with E-state index in [9.17, 15) is 17.6 Å². The summed E-state index contributed by atoms with van der Waals surface area (Å²) in [4.78, 5) is 12.6. The molecule has 0 radical (unpaired) electrons. The van der Waals surface area contributed by atoms with Crippen molar-refractivity contribution in [2.45, 2.75) is 24.7 Å². The number of carbonyl (C=O) groups is 1. The van der Waals surface area contributed by atoms with Gasteiger partial charge in [-0.15, -0.1) is 0 Å². The lowest BCUT2D eigenvalue weighted by atomic mass is 9.98. The number of sulfonamides is 1. The minimum atomic E-state index is -4.02. The van der Waals surface area contributed by atoms with Crippen LogP contribution in [0.1, 0.15) is 18.4 Å². The van der Waals surface area contributed by atoms with Gasteiger partial charge in [0.05, 0.1) is 25.8 Å². The van der Waals surface area contributed by atoms with Gasteiger partial charge in [-0.1, -0.05) is 6.07 Å². The van der Waals surface area contributed by atoms with Gasteiger partial charge in [-0.3, -0.25) is 4.79 Å². The first-order valence-electron chi connectivity index (χ1n) is 9.55. The summed E-state index contributed by atoms with van der Waals surface area (Å²) in [5.41, 5.74) is 1.49. The molecule has 3 rings (SSSR count). The fourth-order valence-electron chi connectivity index (χ4n) is 3.52. The molecule has 1 aliphatic heterocycles. The predicted octanol–water partition coefficient (Wildman–Crippen LogP) is 3.19. The van der Waals surface area contributed by atoms with Gasteiger partial charge >= 0.3 is 0 Å². The van der Waals surface area contributed by atoms with Crippen molar-refractivity contribution < 1.29 is 27.1 Å². The molecule has 0 saturated carbocycles. The number of methoxy groups -OCH3 is 2. The Hall–Kier alpha value is -2.65. The number of anilines is 1. The van der Waals surface area contributed by atoms with Gasteiger partial charge in [0, 0.05) is 13.1 Å². The van der Waals surface area contributed by atoms with E-state index in [2.05, 4.69) is 5.32 Å². The van der Waals surface area contributed by atoms with Crippen molar-refractivity contribution in [3.63, 3.8) is 0 Å². The summed E-state index contributed by atoms with van der Waals surface area (Å²) in [5.74, 6) is -0.915. The number of benzene rings is 2. The number of piperidine rings is 1. The Labute approximate surface area is 175 Å². The van der Waals surface area contributed by atoms with E-state index in [-0.39, 0.29) is 29.6 Å². The maximum absolute atomic E-state index is 13.7. The number of nitrogens with one attached hydrogen (secondary N) is 1. The normalized spacial score (nSPS) is 17.4. The van der Waals surface area contributed by atoms with Crippen LogP contribution in [0.3, 0.4) is 0 Å². The summed E-state index contributed by atoms with van der Waals surface area (Å²) in [6.07, 6.45) is 1.06. The van der Waals surface area contributed by atoms with Gasteiger partial charge in [-0.05, 0) is 55.7 Å². The molecule has 0 unspecified atom stereocenters. The zero-order valence-corrected chi connectivity index (χ0v) is 18.0. The van der Waals surface area contributed by atoms with Crippen LogP contribution >= 0.6 is 0 Å². The van der Waals surface area contributed by atoms with Crippen molar-refractivity contribution in [1.82, 2.24) is 4.31 Å². The lowest BCUT2D eigenvalue weighted by Gasteiger charge is -2.31. The molecule has 0 aliphatic carbocycles. The van der Waals surface area contributed by atoms with Gasteiger partial charge in [-0.25, -0.2) is 12.8 Å². The van der Waals surface area contributed by atoms with Crippen LogP contribution in [0, 0.1) is 18.7 Å². The van der Waals surface area contributed by atoms with Crippen LogP contribution in [0.2, 0.25) is 0 Å². The van der Waals surface area contributed by atoms with Crippen molar-refractivity contribution in [2.24, 2.45) is 5.92 Å². The highest BCUT2D eigenvalue weighted by molar-refractivity contribution is 7.89. The second-order valence-corrected chi connectivity index (χ2v) is 9.10. The zero-order chi connectivity index (χ0) is 21.9. The molecular weight excluding hydrogens is 411 g/mol. The Balaban J connectivity index is 1.81. The Morgan fingerprint density at radius 3 is 2.53 bits per heavy atom. The van der Waals surface area contributed by atoms with Crippen LogP contribution in [-0.4, -0.2) is 45.9 Å². The molecule has 162 valence electrons. The third-order valence-electron chi connectivity index (χ3n) is 5.11. The van der Waals surface area contributed by atoms with Crippen LogP contribution in [0.15, 0.2) is 41.3 Å². The average molecular weight is 437 g/mol. The van der Waals surface area contributed by atoms with E-state index < -0.39 is 21.8 Å². The van der Waals surface area contributed by atoms with Gasteiger partial charge in [0.1, 0.15) is 22.2 Å². The zero-order valence-electron chi connectivity index (χ0n) is 17.1. The molecule has 2 aromatic rings. The number of aryl methyl sites for hydroxylation is 1. The van der Waals surface area contributed by atoms with Crippen LogP contribution in [0.4, 0.5) is 10.1 Å². The lowest BCUT2D eigenvalue weighted by molar-refractivity contribution is -0.120. The van der Waals surface area contributed by atoms with Crippen molar-refractivity contribution in [2.75, 3.05) is 32.6 Å². The Bertz CT molecular complexity index is 1040. The molecule has 1 fully saturated rings. The SMILES string of the molecule is COc1ccc(C)cc1NC(=O)[C@H]1CCCN(S(=O)(=O)c2cc(F)ccc2OC)C1. The molecule has 0 spiro atoms. The quantitative estimate of drug-likeness (QED) is 0.752. The van der Waals surface area contributed by atoms with Crippen LogP contribution in [0.5, 0.6) is 11.5 Å². The van der Waals surface area contributed by atoms with Crippen molar-refractivity contribution in [3.05, 3.63) is 47.8 Å². The molecule has 2 aromatic carbocycles. The number of rotatable bonds is 6. The Kier molecular flexibility index (Phi) is 6.62. The Morgan fingerprint density at radius 2 is 1.83 bits per heavy atom. The molecule has 30 heavy (non-hydrogen) atoms. The molecule has 9 heteroatoms. The van der Waals surface area contributed by atoms with E-state index in [1.54, 1.807) is 12.1 Å². The molecule has 1 heterocycles. The van der Waals surface area contributed by atoms with Gasteiger partial charge in [-0.2, -0.15) is 4.31 Å². The minimum Gasteiger partial charge on any atom is -0.495 e. The maximum Gasteiger partial charge on any atom is 0.246 e. The van der Waals surface area contributed by atoms with Gasteiger partial charge in [0.15, 0.2) is 0 Å². The van der Waals surface area contributed by atoms with E-state index in [1.165, 1.54) is 24.6 Å². The number of hydrogen-bond acceptors (Lipinski definition) is 5. The first-order chi connectivity index (χ1) is 14.3. The van der Waals surface area contributed by atoms with E-state index in [4.69, 9.17) is 9.47 Å². The molecule has 0 aromatic heterocycles. The maximum atomic E-state index is 13.7. The highest BCUT2D eigenvalue weighted by Gasteiger charge is 2.35. The standard InChI is InChI=1S/C21H25FN2O5S/c1-14-6-8-18(28-2)17(11-14)23-21(25)15-5-4-10-24(13-15)30(26,27)20-12-16(22)7-9-19(20)29-3/h6-9,11-12,15H,4-5,10,13H2,1-3H3,(H,23,25)/t15-/m0/s1. The topological polar surface area (TPSA) is 84.9 Å². The summed E-state index contributed by atoms with van der Waals surface area (Å²) in [7, 11) is -1.18. The molecule has 1 N–H and O–H groups in total. The summed E-state index contributed by atoms with van der Waals surface area (Å²) in [6, 6.07) is 8.79. The first-order valence-corrected chi connectivity index (χ1v) is 11.0. The number of amides is 1. The highest BCUT2D eigenvalue weighted by Crippen LogP contribution is 2.31. The second-order valence-electron chi connectivity index (χ2n) is 7.19. The fraction of sp³-hybridized carbons (Fsp3) is 0.381. The van der Waals surface area contributed by atoms with Crippen molar-refractivity contribution in [1.29, 1.82) is 0 Å². The Morgan fingerprint density at radius 1 is 1.13 bits per heavy atom. The molecule has 1 amide bonds. The molecule has 1 saturated heterocycles. The monoisotopic (exact) mass is 436 g/mol. The highest BCUT2D eigenvalue weighted by atomic mass is 32.2. The second kappa shape index (κ2) is 9.01. The largest absolute Gasteiger partial charge is 0.495 e. The van der Waals surface area contributed by atoms with Crippen LogP contribution in [0.25, 0.3) is 0 Å². The number of carbonyl (C=O) groups excluding carboxylic acids is 1. The number of halogens is 1. The summed E-state index contributed by atoms with van der Waals surface area (Å²) >= 11 is 0. The van der Waals surface area contributed by atoms with E-state index in [1.807, 2.05) is 13.0 Å². The van der Waals surface area contributed by atoms with E-state index in [0.717, 1.165) is 17.7 Å². The summed E-state index contributed by atoms with van der Waals surface area (Å²) in [5, 5.41) is 2.85. The van der Waals surface area contributed by atoms with Crippen molar-refractivity contribution >= 4 is 21.6 Å². The summed E-state index contributed by atoms with van der Waals surface area (Å²) in [6.45, 7) is 2.15. The third-order valence-corrected chi connectivity index (χ3v) is 7.00. The first kappa shape index (κ1) is 22.0. The van der Waals surface area contributed by atoms with E-state index >= 15 is 0 Å². The number of nitrogens with zero attached hydrogens (tertiary/aromatic N) is 1. The minimum absolute atomic E-state index is 0.00195. The smallest absolute Gasteiger partial charge is 0.246 e. The lowest BCUT2D eigenvalue weighted by Crippen LogP contribution is -2.43.